The van der Waals surface area contributed by atoms with E-state index in [9.17, 15) is 9.59 Å². The number of rotatable bonds is 5. The molecule has 0 bridgehead atoms. The lowest BCUT2D eigenvalue weighted by molar-refractivity contribution is -0.120. The minimum atomic E-state index is -0.449. The Balaban J connectivity index is 1.78. The second kappa shape index (κ2) is 7.42. The molecule has 2 aromatic rings. The lowest BCUT2D eigenvalue weighted by Crippen LogP contribution is -2.34. The summed E-state index contributed by atoms with van der Waals surface area (Å²) in [5.41, 5.74) is 2.67. The maximum Gasteiger partial charge on any atom is 0.259 e. The van der Waals surface area contributed by atoms with E-state index in [0.29, 0.717) is 16.3 Å². The Bertz CT molecular complexity index is 710. The van der Waals surface area contributed by atoms with E-state index >= 15 is 0 Å². The molecule has 6 nitrogen and oxygen atoms in total. The number of hydrazone groups is 1. The zero-order chi connectivity index (χ0) is 15.9. The van der Waals surface area contributed by atoms with Crippen LogP contribution in [0.2, 0.25) is 5.02 Å². The molecule has 114 valence electrons. The predicted octanol–water partition coefficient (Wildman–Crippen LogP) is 2.12. The van der Waals surface area contributed by atoms with Crippen molar-refractivity contribution in [3.8, 4) is 0 Å². The van der Waals surface area contributed by atoms with Gasteiger partial charge in [-0.25, -0.2) is 5.43 Å². The van der Waals surface area contributed by atoms with E-state index in [0.717, 1.165) is 5.76 Å². The number of furan rings is 1. The van der Waals surface area contributed by atoms with Gasteiger partial charge in [0.05, 0.1) is 12.8 Å². The van der Waals surface area contributed by atoms with Crippen molar-refractivity contribution in [1.29, 1.82) is 0 Å². The molecular weight excluding hydrogens is 306 g/mol. The molecule has 0 aliphatic rings. The molecule has 0 atom stereocenters. The van der Waals surface area contributed by atoms with Crippen LogP contribution in [0.25, 0.3) is 0 Å². The summed E-state index contributed by atoms with van der Waals surface area (Å²) in [5, 5.41) is 6.65. The zero-order valence-corrected chi connectivity index (χ0v) is 12.6. The largest absolute Gasteiger partial charge is 0.460 e. The average Bonchev–Trinajstić information content (AvgIpc) is 2.90. The van der Waals surface area contributed by atoms with Gasteiger partial charge >= 0.3 is 0 Å². The van der Waals surface area contributed by atoms with E-state index < -0.39 is 5.91 Å². The fourth-order valence-corrected chi connectivity index (χ4v) is 1.81. The normalized spacial score (nSPS) is 10.6. The van der Waals surface area contributed by atoms with Crippen LogP contribution >= 0.6 is 11.6 Å². The first-order valence-electron chi connectivity index (χ1n) is 6.47. The zero-order valence-electron chi connectivity index (χ0n) is 11.8. The predicted molar refractivity (Wildman–Crippen MR) is 83.0 cm³/mol. The molecule has 0 radical (unpaired) electrons. The van der Waals surface area contributed by atoms with Crippen molar-refractivity contribution in [3.63, 3.8) is 0 Å². The van der Waals surface area contributed by atoms with Crippen LogP contribution in [-0.2, 0) is 4.79 Å². The number of amides is 2. The molecule has 2 amide bonds. The minimum Gasteiger partial charge on any atom is -0.460 e. The lowest BCUT2D eigenvalue weighted by Gasteiger charge is -2.04. The number of carbonyl (C=O) groups is 2. The molecule has 0 spiro atoms. The fourth-order valence-electron chi connectivity index (χ4n) is 1.62. The van der Waals surface area contributed by atoms with E-state index in [2.05, 4.69) is 15.8 Å². The number of carbonyl (C=O) groups excluding carboxylic acids is 2. The third kappa shape index (κ3) is 4.75. The van der Waals surface area contributed by atoms with Crippen molar-refractivity contribution in [1.82, 2.24) is 10.7 Å². The van der Waals surface area contributed by atoms with E-state index in [4.69, 9.17) is 16.0 Å². The summed E-state index contributed by atoms with van der Waals surface area (Å²) in [7, 11) is 0. The third-order valence-electron chi connectivity index (χ3n) is 2.64. The van der Waals surface area contributed by atoms with Crippen LogP contribution in [0.1, 0.15) is 21.9 Å². The summed E-state index contributed by atoms with van der Waals surface area (Å²) >= 11 is 5.79. The number of nitrogens with zero attached hydrogens (tertiary/aromatic N) is 1. The Labute approximate surface area is 132 Å². The summed E-state index contributed by atoms with van der Waals surface area (Å²) in [6.07, 6.45) is 1.38. The molecule has 2 N–H and O–H groups in total. The number of aryl methyl sites for hydroxylation is 1. The highest BCUT2D eigenvalue weighted by atomic mass is 35.5. The van der Waals surface area contributed by atoms with Crippen molar-refractivity contribution in [2.75, 3.05) is 6.54 Å². The Kier molecular flexibility index (Phi) is 5.32. The molecule has 7 heteroatoms. The third-order valence-corrected chi connectivity index (χ3v) is 2.87. The van der Waals surface area contributed by atoms with Gasteiger partial charge in [0.2, 0.25) is 0 Å². The Hall–Kier alpha value is -2.60. The lowest BCUT2D eigenvalue weighted by atomic mass is 10.2. The summed E-state index contributed by atoms with van der Waals surface area (Å²) in [6, 6.07) is 9.96. The van der Waals surface area contributed by atoms with Crippen LogP contribution in [0.15, 0.2) is 45.9 Å². The maximum atomic E-state index is 11.8. The van der Waals surface area contributed by atoms with Gasteiger partial charge < -0.3 is 9.73 Å². The van der Waals surface area contributed by atoms with Crippen LogP contribution in [0.5, 0.6) is 0 Å². The second-order valence-electron chi connectivity index (χ2n) is 4.43. The van der Waals surface area contributed by atoms with Gasteiger partial charge in [0.1, 0.15) is 11.5 Å². The molecule has 0 saturated carbocycles. The number of hydrogen-bond donors (Lipinski definition) is 2. The first-order valence-corrected chi connectivity index (χ1v) is 6.84. The van der Waals surface area contributed by atoms with Gasteiger partial charge in [-0.05, 0) is 37.3 Å². The number of nitrogens with one attached hydrogen (secondary N) is 2. The van der Waals surface area contributed by atoms with Gasteiger partial charge in [-0.1, -0.05) is 17.7 Å². The first kappa shape index (κ1) is 15.8. The number of halogens is 1. The molecular formula is C15H14ClN3O3. The Morgan fingerprint density at radius 2 is 2.14 bits per heavy atom. The van der Waals surface area contributed by atoms with Crippen molar-refractivity contribution < 1.29 is 14.0 Å². The van der Waals surface area contributed by atoms with Gasteiger partial charge in [0.15, 0.2) is 0 Å². The molecule has 1 aromatic carbocycles. The monoisotopic (exact) mass is 319 g/mol. The smallest absolute Gasteiger partial charge is 0.259 e. The van der Waals surface area contributed by atoms with E-state index in [1.807, 2.05) is 0 Å². The molecule has 0 unspecified atom stereocenters. The average molecular weight is 320 g/mol. The number of benzene rings is 1. The standard InChI is InChI=1S/C15H14ClN3O3/c1-10-5-6-13(22-10)8-18-19-14(20)9-17-15(21)11-3-2-4-12(16)7-11/h2-8H,9H2,1H3,(H,17,21)(H,19,20)/b18-8+. The molecule has 1 aromatic heterocycles. The minimum absolute atomic E-state index is 0.195. The molecule has 2 rings (SSSR count). The fraction of sp³-hybridized carbons (Fsp3) is 0.133. The van der Waals surface area contributed by atoms with E-state index in [1.165, 1.54) is 12.3 Å². The van der Waals surface area contributed by atoms with Crippen LogP contribution in [-0.4, -0.2) is 24.6 Å². The highest BCUT2D eigenvalue weighted by molar-refractivity contribution is 6.30. The second-order valence-corrected chi connectivity index (χ2v) is 4.87. The molecule has 22 heavy (non-hydrogen) atoms. The highest BCUT2D eigenvalue weighted by Crippen LogP contribution is 2.10. The quantitative estimate of drug-likeness (QED) is 0.654. The summed E-state index contributed by atoms with van der Waals surface area (Å²) < 4.78 is 5.25. The van der Waals surface area contributed by atoms with Crippen molar-refractivity contribution in [3.05, 3.63) is 58.5 Å². The van der Waals surface area contributed by atoms with Crippen LogP contribution in [0.4, 0.5) is 0 Å². The van der Waals surface area contributed by atoms with Crippen molar-refractivity contribution >= 4 is 29.6 Å². The van der Waals surface area contributed by atoms with Gasteiger partial charge in [0.25, 0.3) is 11.8 Å². The van der Waals surface area contributed by atoms with E-state index in [-0.39, 0.29) is 12.5 Å². The van der Waals surface area contributed by atoms with Gasteiger partial charge in [-0.2, -0.15) is 5.10 Å². The molecule has 1 heterocycles. The topological polar surface area (TPSA) is 83.7 Å². The van der Waals surface area contributed by atoms with Crippen LogP contribution < -0.4 is 10.7 Å². The molecule has 0 aliphatic heterocycles. The highest BCUT2D eigenvalue weighted by Gasteiger charge is 2.07. The van der Waals surface area contributed by atoms with Crippen molar-refractivity contribution in [2.45, 2.75) is 6.92 Å². The van der Waals surface area contributed by atoms with Gasteiger partial charge in [-0.3, -0.25) is 9.59 Å². The number of hydrogen-bond acceptors (Lipinski definition) is 4. The van der Waals surface area contributed by atoms with Gasteiger partial charge in [0, 0.05) is 10.6 Å². The van der Waals surface area contributed by atoms with Crippen LogP contribution in [0.3, 0.4) is 0 Å². The van der Waals surface area contributed by atoms with Crippen molar-refractivity contribution in [2.24, 2.45) is 5.10 Å². The Morgan fingerprint density at radius 1 is 1.32 bits per heavy atom. The maximum absolute atomic E-state index is 11.8. The summed E-state index contributed by atoms with van der Waals surface area (Å²) in [4.78, 5) is 23.3. The molecule has 0 aliphatic carbocycles. The summed E-state index contributed by atoms with van der Waals surface area (Å²) in [5.74, 6) is 0.445. The van der Waals surface area contributed by atoms with E-state index in [1.54, 1.807) is 37.3 Å². The SMILES string of the molecule is Cc1ccc(/C=N/NC(=O)CNC(=O)c2cccc(Cl)c2)o1. The first-order chi connectivity index (χ1) is 10.5. The molecule has 0 fully saturated rings. The molecule has 0 saturated heterocycles. The van der Waals surface area contributed by atoms with Crippen LogP contribution in [0, 0.1) is 6.92 Å². The Morgan fingerprint density at radius 3 is 2.82 bits per heavy atom. The van der Waals surface area contributed by atoms with Gasteiger partial charge in [-0.15, -0.1) is 0 Å². The summed E-state index contributed by atoms with van der Waals surface area (Å²) in [6.45, 7) is 1.61.